The SMILES string of the molecule is COC(=O)c1cc(NC(C)c2ccsc2)ccc1F. The van der Waals surface area contributed by atoms with Gasteiger partial charge in [-0.05, 0) is 47.5 Å². The summed E-state index contributed by atoms with van der Waals surface area (Å²) in [7, 11) is 1.23. The van der Waals surface area contributed by atoms with E-state index in [4.69, 9.17) is 0 Å². The average molecular weight is 279 g/mol. The van der Waals surface area contributed by atoms with Crippen LogP contribution in [0.15, 0.2) is 35.0 Å². The zero-order chi connectivity index (χ0) is 13.8. The zero-order valence-electron chi connectivity index (χ0n) is 10.6. The van der Waals surface area contributed by atoms with Gasteiger partial charge in [0.05, 0.1) is 12.7 Å². The number of methoxy groups -OCH3 is 1. The number of ether oxygens (including phenoxy) is 1. The Hall–Kier alpha value is -1.88. The quantitative estimate of drug-likeness (QED) is 0.864. The van der Waals surface area contributed by atoms with Crippen molar-refractivity contribution in [1.29, 1.82) is 0 Å². The Kier molecular flexibility index (Phi) is 4.16. The molecule has 0 amide bonds. The van der Waals surface area contributed by atoms with E-state index in [0.717, 1.165) is 5.56 Å². The van der Waals surface area contributed by atoms with Crippen molar-refractivity contribution in [3.05, 3.63) is 52.0 Å². The summed E-state index contributed by atoms with van der Waals surface area (Å²) in [4.78, 5) is 11.4. The van der Waals surface area contributed by atoms with Gasteiger partial charge in [0.2, 0.25) is 0 Å². The van der Waals surface area contributed by atoms with Crippen LogP contribution in [-0.2, 0) is 4.74 Å². The van der Waals surface area contributed by atoms with Crippen molar-refractivity contribution in [3.8, 4) is 0 Å². The third kappa shape index (κ3) is 3.12. The van der Waals surface area contributed by atoms with Crippen molar-refractivity contribution >= 4 is 23.0 Å². The Bertz CT molecular complexity index is 569. The Morgan fingerprint density at radius 3 is 2.84 bits per heavy atom. The van der Waals surface area contributed by atoms with E-state index in [2.05, 4.69) is 10.1 Å². The van der Waals surface area contributed by atoms with Crippen LogP contribution in [0.2, 0.25) is 0 Å². The maximum atomic E-state index is 13.5. The van der Waals surface area contributed by atoms with Crippen LogP contribution in [0, 0.1) is 5.82 Å². The van der Waals surface area contributed by atoms with E-state index in [1.165, 1.54) is 19.2 Å². The van der Waals surface area contributed by atoms with Crippen LogP contribution in [0.1, 0.15) is 28.9 Å². The molecule has 1 unspecified atom stereocenters. The molecule has 0 aliphatic carbocycles. The molecule has 0 aliphatic rings. The molecule has 5 heteroatoms. The molecule has 19 heavy (non-hydrogen) atoms. The van der Waals surface area contributed by atoms with Gasteiger partial charge < -0.3 is 10.1 Å². The molecule has 0 saturated carbocycles. The smallest absolute Gasteiger partial charge is 0.340 e. The third-order valence-corrected chi connectivity index (χ3v) is 3.50. The summed E-state index contributed by atoms with van der Waals surface area (Å²) < 4.78 is 18.0. The van der Waals surface area contributed by atoms with E-state index in [9.17, 15) is 9.18 Å². The Morgan fingerprint density at radius 1 is 1.42 bits per heavy atom. The number of halogens is 1. The average Bonchev–Trinajstić information content (AvgIpc) is 2.94. The first-order valence-corrected chi connectivity index (χ1v) is 6.72. The van der Waals surface area contributed by atoms with Crippen LogP contribution >= 0.6 is 11.3 Å². The lowest BCUT2D eigenvalue weighted by Crippen LogP contribution is -2.09. The van der Waals surface area contributed by atoms with Gasteiger partial charge in [-0.15, -0.1) is 0 Å². The molecular weight excluding hydrogens is 265 g/mol. The largest absolute Gasteiger partial charge is 0.465 e. The van der Waals surface area contributed by atoms with Gasteiger partial charge in [-0.2, -0.15) is 11.3 Å². The highest BCUT2D eigenvalue weighted by Crippen LogP contribution is 2.23. The normalized spacial score (nSPS) is 11.9. The number of nitrogens with one attached hydrogen (secondary N) is 1. The number of benzene rings is 1. The number of carbonyl (C=O) groups excluding carboxylic acids is 1. The molecule has 1 N–H and O–H groups in total. The second kappa shape index (κ2) is 5.84. The molecule has 1 aromatic carbocycles. The number of rotatable bonds is 4. The van der Waals surface area contributed by atoms with Crippen LogP contribution < -0.4 is 5.32 Å². The summed E-state index contributed by atoms with van der Waals surface area (Å²) in [6, 6.07) is 6.43. The van der Waals surface area contributed by atoms with E-state index in [1.807, 2.05) is 23.8 Å². The van der Waals surface area contributed by atoms with E-state index in [-0.39, 0.29) is 11.6 Å². The molecule has 3 nitrogen and oxygen atoms in total. The first-order chi connectivity index (χ1) is 9.11. The summed E-state index contributed by atoms with van der Waals surface area (Å²) in [5.74, 6) is -1.26. The predicted molar refractivity (Wildman–Crippen MR) is 74.1 cm³/mol. The van der Waals surface area contributed by atoms with Crippen LogP contribution in [0.3, 0.4) is 0 Å². The Morgan fingerprint density at radius 2 is 2.21 bits per heavy atom. The van der Waals surface area contributed by atoms with Gasteiger partial charge >= 0.3 is 5.97 Å². The fourth-order valence-corrected chi connectivity index (χ4v) is 2.49. The van der Waals surface area contributed by atoms with Gasteiger partial charge in [-0.25, -0.2) is 9.18 Å². The molecule has 0 bridgehead atoms. The molecule has 1 atom stereocenters. The molecule has 0 fully saturated rings. The van der Waals surface area contributed by atoms with Crippen molar-refractivity contribution in [1.82, 2.24) is 0 Å². The third-order valence-electron chi connectivity index (χ3n) is 2.80. The molecule has 0 aliphatic heterocycles. The molecule has 0 radical (unpaired) electrons. The monoisotopic (exact) mass is 279 g/mol. The minimum absolute atomic E-state index is 0.0648. The minimum atomic E-state index is -0.677. The topological polar surface area (TPSA) is 38.3 Å². The van der Waals surface area contributed by atoms with Gasteiger partial charge in [0, 0.05) is 11.7 Å². The summed E-state index contributed by atoms with van der Waals surface area (Å²) in [6.45, 7) is 2.00. The van der Waals surface area contributed by atoms with E-state index in [0.29, 0.717) is 5.69 Å². The molecule has 1 aromatic heterocycles. The first-order valence-electron chi connectivity index (χ1n) is 5.78. The number of anilines is 1. The number of carbonyl (C=O) groups is 1. The molecule has 2 rings (SSSR count). The number of esters is 1. The predicted octanol–water partition coefficient (Wildman–Crippen LogP) is 3.85. The first kappa shape index (κ1) is 13.5. The number of hydrogen-bond donors (Lipinski definition) is 1. The van der Waals surface area contributed by atoms with Gasteiger partial charge in [0.15, 0.2) is 0 Å². The van der Waals surface area contributed by atoms with Crippen LogP contribution in [0.25, 0.3) is 0 Å². The van der Waals surface area contributed by atoms with Crippen molar-refractivity contribution in [3.63, 3.8) is 0 Å². The molecule has 1 heterocycles. The lowest BCUT2D eigenvalue weighted by atomic mass is 10.1. The van der Waals surface area contributed by atoms with Crippen LogP contribution in [0.5, 0.6) is 0 Å². The summed E-state index contributed by atoms with van der Waals surface area (Å²) in [5, 5.41) is 7.27. The van der Waals surface area contributed by atoms with Gasteiger partial charge in [-0.1, -0.05) is 0 Å². The highest BCUT2D eigenvalue weighted by atomic mass is 32.1. The van der Waals surface area contributed by atoms with Gasteiger partial charge in [0.1, 0.15) is 5.82 Å². The highest BCUT2D eigenvalue weighted by molar-refractivity contribution is 7.07. The maximum Gasteiger partial charge on any atom is 0.340 e. The summed E-state index contributed by atoms with van der Waals surface area (Å²) in [6.07, 6.45) is 0. The fourth-order valence-electron chi connectivity index (χ4n) is 1.74. The van der Waals surface area contributed by atoms with Crippen molar-refractivity contribution in [2.45, 2.75) is 13.0 Å². The lowest BCUT2D eigenvalue weighted by molar-refractivity contribution is 0.0595. The highest BCUT2D eigenvalue weighted by Gasteiger charge is 2.14. The zero-order valence-corrected chi connectivity index (χ0v) is 11.5. The van der Waals surface area contributed by atoms with Crippen LogP contribution in [0.4, 0.5) is 10.1 Å². The fraction of sp³-hybridized carbons (Fsp3) is 0.214. The Balaban J connectivity index is 2.19. The van der Waals surface area contributed by atoms with Crippen molar-refractivity contribution in [2.75, 3.05) is 12.4 Å². The van der Waals surface area contributed by atoms with Gasteiger partial charge in [0.25, 0.3) is 0 Å². The second-order valence-corrected chi connectivity index (χ2v) is 4.89. The molecule has 2 aromatic rings. The van der Waals surface area contributed by atoms with E-state index >= 15 is 0 Å². The van der Waals surface area contributed by atoms with Crippen molar-refractivity contribution in [2.24, 2.45) is 0 Å². The second-order valence-electron chi connectivity index (χ2n) is 4.11. The molecule has 0 spiro atoms. The number of hydrogen-bond acceptors (Lipinski definition) is 4. The van der Waals surface area contributed by atoms with Crippen molar-refractivity contribution < 1.29 is 13.9 Å². The van der Waals surface area contributed by atoms with Crippen LogP contribution in [-0.4, -0.2) is 13.1 Å². The summed E-state index contributed by atoms with van der Waals surface area (Å²) >= 11 is 1.62. The minimum Gasteiger partial charge on any atom is -0.465 e. The summed E-state index contributed by atoms with van der Waals surface area (Å²) in [5.41, 5.74) is 1.76. The molecule has 100 valence electrons. The van der Waals surface area contributed by atoms with E-state index in [1.54, 1.807) is 17.4 Å². The Labute approximate surface area is 115 Å². The molecular formula is C14H14FNO2S. The van der Waals surface area contributed by atoms with E-state index < -0.39 is 11.8 Å². The maximum absolute atomic E-state index is 13.5. The van der Waals surface area contributed by atoms with Gasteiger partial charge in [-0.3, -0.25) is 0 Å². The molecule has 0 saturated heterocycles. The standard InChI is InChI=1S/C14H14FNO2S/c1-9(10-5-6-19-8-10)16-11-3-4-13(15)12(7-11)14(17)18-2/h3-9,16H,1-2H3. The number of thiophene rings is 1. The lowest BCUT2D eigenvalue weighted by Gasteiger charge is -2.15.